The van der Waals surface area contributed by atoms with Crippen molar-refractivity contribution in [2.45, 2.75) is 13.0 Å². The molecule has 1 amide bonds. The van der Waals surface area contributed by atoms with Crippen molar-refractivity contribution in [3.63, 3.8) is 0 Å². The van der Waals surface area contributed by atoms with Crippen LogP contribution in [0.3, 0.4) is 0 Å². The maximum absolute atomic E-state index is 12.5. The summed E-state index contributed by atoms with van der Waals surface area (Å²) in [7, 11) is 5.62. The highest BCUT2D eigenvalue weighted by Crippen LogP contribution is 2.26. The Morgan fingerprint density at radius 3 is 2.72 bits per heavy atom. The molecule has 5 heteroatoms. The lowest BCUT2D eigenvalue weighted by atomic mass is 10.1. The molecule has 3 aromatic rings. The number of anilines is 1. The van der Waals surface area contributed by atoms with E-state index in [1.54, 1.807) is 13.4 Å². The van der Waals surface area contributed by atoms with Gasteiger partial charge in [-0.2, -0.15) is 0 Å². The molecule has 0 aliphatic carbocycles. The largest absolute Gasteiger partial charge is 0.497 e. The minimum atomic E-state index is -0.0651. The Morgan fingerprint density at radius 1 is 1.16 bits per heavy atom. The number of carbonyl (C=O) groups excluding carboxylic acids is 1. The summed E-state index contributed by atoms with van der Waals surface area (Å²) in [6.45, 7) is 0.769. The van der Waals surface area contributed by atoms with Gasteiger partial charge in [0.25, 0.3) is 0 Å². The minimum absolute atomic E-state index is 0.0651. The van der Waals surface area contributed by atoms with Gasteiger partial charge in [-0.1, -0.05) is 18.2 Å². The Kier molecular flexibility index (Phi) is 5.05. The Labute approximate surface area is 147 Å². The van der Waals surface area contributed by atoms with Crippen molar-refractivity contribution in [1.29, 1.82) is 0 Å². The summed E-state index contributed by atoms with van der Waals surface area (Å²) in [6, 6.07) is 13.5. The SMILES string of the molecule is COc1ccc2c(CC(=O)Nc3ccccc3CN(C)C)coc2c1. The molecule has 0 unspecified atom stereocenters. The summed E-state index contributed by atoms with van der Waals surface area (Å²) in [4.78, 5) is 14.6. The third-order valence-electron chi connectivity index (χ3n) is 3.99. The minimum Gasteiger partial charge on any atom is -0.497 e. The van der Waals surface area contributed by atoms with Gasteiger partial charge in [0, 0.05) is 29.2 Å². The van der Waals surface area contributed by atoms with Crippen LogP contribution in [0.4, 0.5) is 5.69 Å². The maximum Gasteiger partial charge on any atom is 0.228 e. The van der Waals surface area contributed by atoms with Crippen molar-refractivity contribution in [2.75, 3.05) is 26.5 Å². The summed E-state index contributed by atoms with van der Waals surface area (Å²) < 4.78 is 10.7. The molecular formula is C20H22N2O3. The number of benzene rings is 2. The Balaban J connectivity index is 1.75. The molecule has 1 aromatic heterocycles. The molecule has 3 rings (SSSR count). The summed E-state index contributed by atoms with van der Waals surface area (Å²) in [5.41, 5.74) is 3.51. The Hall–Kier alpha value is -2.79. The molecule has 0 aliphatic rings. The van der Waals surface area contributed by atoms with Crippen LogP contribution < -0.4 is 10.1 Å². The average molecular weight is 338 g/mol. The zero-order valence-electron chi connectivity index (χ0n) is 14.7. The van der Waals surface area contributed by atoms with Crippen LogP contribution in [0.2, 0.25) is 0 Å². The zero-order valence-corrected chi connectivity index (χ0v) is 14.7. The first-order valence-corrected chi connectivity index (χ1v) is 8.13. The molecule has 0 saturated carbocycles. The summed E-state index contributed by atoms with van der Waals surface area (Å²) >= 11 is 0. The van der Waals surface area contributed by atoms with Gasteiger partial charge in [0.05, 0.1) is 19.8 Å². The van der Waals surface area contributed by atoms with E-state index < -0.39 is 0 Å². The van der Waals surface area contributed by atoms with Gasteiger partial charge < -0.3 is 19.4 Å². The van der Waals surface area contributed by atoms with E-state index in [-0.39, 0.29) is 12.3 Å². The van der Waals surface area contributed by atoms with Gasteiger partial charge in [-0.05, 0) is 37.9 Å². The molecule has 0 radical (unpaired) electrons. The van der Waals surface area contributed by atoms with Gasteiger partial charge in [0.1, 0.15) is 11.3 Å². The quantitative estimate of drug-likeness (QED) is 0.745. The third kappa shape index (κ3) is 4.00. The lowest BCUT2D eigenvalue weighted by molar-refractivity contribution is -0.115. The fourth-order valence-electron chi connectivity index (χ4n) is 2.82. The van der Waals surface area contributed by atoms with Gasteiger partial charge in [0.2, 0.25) is 5.91 Å². The molecule has 0 atom stereocenters. The van der Waals surface area contributed by atoms with Crippen LogP contribution in [-0.4, -0.2) is 32.0 Å². The highest BCUT2D eigenvalue weighted by Gasteiger charge is 2.13. The lowest BCUT2D eigenvalue weighted by Crippen LogP contribution is -2.17. The number of furan rings is 1. The van der Waals surface area contributed by atoms with Crippen LogP contribution in [0, 0.1) is 0 Å². The number of para-hydroxylation sites is 1. The summed E-state index contributed by atoms with van der Waals surface area (Å²) in [5.74, 6) is 0.667. The van der Waals surface area contributed by atoms with Crippen molar-refractivity contribution >= 4 is 22.6 Å². The van der Waals surface area contributed by atoms with E-state index in [0.717, 1.165) is 40.1 Å². The Bertz CT molecular complexity index is 884. The number of hydrogen-bond acceptors (Lipinski definition) is 4. The molecule has 5 nitrogen and oxygen atoms in total. The average Bonchev–Trinajstić information content (AvgIpc) is 2.98. The molecular weight excluding hydrogens is 316 g/mol. The highest BCUT2D eigenvalue weighted by atomic mass is 16.5. The van der Waals surface area contributed by atoms with E-state index in [1.807, 2.05) is 56.6 Å². The monoisotopic (exact) mass is 338 g/mol. The molecule has 1 N–H and O–H groups in total. The number of fused-ring (bicyclic) bond motifs is 1. The van der Waals surface area contributed by atoms with E-state index in [4.69, 9.17) is 9.15 Å². The van der Waals surface area contributed by atoms with Crippen LogP contribution in [0.15, 0.2) is 53.1 Å². The highest BCUT2D eigenvalue weighted by molar-refractivity contribution is 5.96. The first-order chi connectivity index (χ1) is 12.1. The van der Waals surface area contributed by atoms with Crippen molar-refractivity contribution < 1.29 is 13.9 Å². The van der Waals surface area contributed by atoms with Crippen LogP contribution >= 0.6 is 0 Å². The number of carbonyl (C=O) groups is 1. The predicted octanol–water partition coefficient (Wildman–Crippen LogP) is 3.68. The van der Waals surface area contributed by atoms with Crippen molar-refractivity contribution in [3.8, 4) is 5.75 Å². The fraction of sp³-hybridized carbons (Fsp3) is 0.250. The molecule has 130 valence electrons. The van der Waals surface area contributed by atoms with Crippen molar-refractivity contribution in [1.82, 2.24) is 4.90 Å². The fourth-order valence-corrected chi connectivity index (χ4v) is 2.82. The van der Waals surface area contributed by atoms with E-state index >= 15 is 0 Å². The van der Waals surface area contributed by atoms with Crippen LogP contribution in [-0.2, 0) is 17.8 Å². The number of rotatable bonds is 6. The Morgan fingerprint density at radius 2 is 1.96 bits per heavy atom. The molecule has 0 fully saturated rings. The maximum atomic E-state index is 12.5. The van der Waals surface area contributed by atoms with Gasteiger partial charge >= 0.3 is 0 Å². The van der Waals surface area contributed by atoms with E-state index in [1.165, 1.54) is 0 Å². The summed E-state index contributed by atoms with van der Waals surface area (Å²) in [6.07, 6.45) is 1.89. The molecule has 0 aliphatic heterocycles. The van der Waals surface area contributed by atoms with Crippen LogP contribution in [0.1, 0.15) is 11.1 Å². The molecule has 0 saturated heterocycles. The molecule has 0 spiro atoms. The molecule has 1 heterocycles. The van der Waals surface area contributed by atoms with E-state index in [2.05, 4.69) is 10.2 Å². The van der Waals surface area contributed by atoms with Crippen molar-refractivity contribution in [2.24, 2.45) is 0 Å². The second kappa shape index (κ2) is 7.40. The number of nitrogens with zero attached hydrogens (tertiary/aromatic N) is 1. The van der Waals surface area contributed by atoms with Crippen LogP contribution in [0.5, 0.6) is 5.75 Å². The lowest BCUT2D eigenvalue weighted by Gasteiger charge is -2.14. The van der Waals surface area contributed by atoms with Crippen LogP contribution in [0.25, 0.3) is 11.0 Å². The second-order valence-corrected chi connectivity index (χ2v) is 6.24. The van der Waals surface area contributed by atoms with Crippen molar-refractivity contribution in [3.05, 3.63) is 59.9 Å². The smallest absolute Gasteiger partial charge is 0.228 e. The third-order valence-corrected chi connectivity index (χ3v) is 3.99. The first kappa shape index (κ1) is 17.0. The van der Waals surface area contributed by atoms with Gasteiger partial charge in [-0.25, -0.2) is 0 Å². The van der Waals surface area contributed by atoms with Gasteiger partial charge in [-0.15, -0.1) is 0 Å². The van der Waals surface area contributed by atoms with Gasteiger partial charge in [-0.3, -0.25) is 4.79 Å². The molecule has 0 bridgehead atoms. The second-order valence-electron chi connectivity index (χ2n) is 6.24. The predicted molar refractivity (Wildman–Crippen MR) is 98.9 cm³/mol. The number of ether oxygens (including phenoxy) is 1. The topological polar surface area (TPSA) is 54.7 Å². The molecule has 25 heavy (non-hydrogen) atoms. The van der Waals surface area contributed by atoms with Gasteiger partial charge in [0.15, 0.2) is 0 Å². The zero-order chi connectivity index (χ0) is 17.8. The standard InChI is InChI=1S/C20H22N2O3/c1-22(2)12-14-6-4-5-7-18(14)21-20(23)10-15-13-25-19-11-16(24-3)8-9-17(15)19/h4-9,11,13H,10,12H2,1-3H3,(H,21,23). The first-order valence-electron chi connectivity index (χ1n) is 8.13. The number of amides is 1. The number of hydrogen-bond donors (Lipinski definition) is 1. The summed E-state index contributed by atoms with van der Waals surface area (Å²) in [5, 5.41) is 3.94. The molecule has 2 aromatic carbocycles. The number of methoxy groups -OCH3 is 1. The van der Waals surface area contributed by atoms with E-state index in [0.29, 0.717) is 0 Å². The normalized spacial score (nSPS) is 11.0. The number of nitrogens with one attached hydrogen (secondary N) is 1. The van der Waals surface area contributed by atoms with E-state index in [9.17, 15) is 4.79 Å².